The topological polar surface area (TPSA) is 123 Å². The number of hydrogen-bond donors (Lipinski definition) is 3. The number of ether oxygens (including phenoxy) is 2. The van der Waals surface area contributed by atoms with Gasteiger partial charge in [0.2, 0.25) is 5.88 Å². The number of aromatic nitrogens is 4. The number of nitrogens with zero attached hydrogens (tertiary/aromatic N) is 4. The summed E-state index contributed by atoms with van der Waals surface area (Å²) in [5, 5.41) is 29.1. The molecule has 3 heterocycles. The van der Waals surface area contributed by atoms with Crippen LogP contribution in [0.1, 0.15) is 6.23 Å². The Morgan fingerprint density at radius 2 is 2.23 bits per heavy atom. The maximum Gasteiger partial charge on any atom is 0.242 e. The van der Waals surface area contributed by atoms with Crippen LogP contribution in [0.25, 0.3) is 11.2 Å². The number of hydrogen-bond acceptors (Lipinski definition) is 8. The van der Waals surface area contributed by atoms with Crippen molar-refractivity contribution in [3.8, 4) is 18.2 Å². The molecule has 4 atom stereocenters. The molecule has 0 spiro atoms. The quantitative estimate of drug-likeness (QED) is 0.602. The number of fused-ring (bicyclic) bond motifs is 1. The molecule has 1 aliphatic rings. The molecule has 22 heavy (non-hydrogen) atoms. The molecule has 2 aromatic heterocycles. The van der Waals surface area contributed by atoms with Gasteiger partial charge < -0.3 is 24.8 Å². The highest BCUT2D eigenvalue weighted by atomic mass is 16.6. The Labute approximate surface area is 125 Å². The van der Waals surface area contributed by atoms with Crippen LogP contribution in [-0.2, 0) is 9.47 Å². The van der Waals surface area contributed by atoms with E-state index in [0.29, 0.717) is 5.65 Å². The van der Waals surface area contributed by atoms with E-state index in [0.717, 1.165) is 0 Å². The maximum atomic E-state index is 10.2. The summed E-state index contributed by atoms with van der Waals surface area (Å²) in [6.45, 7) is -0.396. The largest absolute Gasteiger partial charge is 0.492 e. The van der Waals surface area contributed by atoms with E-state index in [4.69, 9.17) is 15.9 Å². The zero-order chi connectivity index (χ0) is 15.7. The summed E-state index contributed by atoms with van der Waals surface area (Å²) in [6, 6.07) is 0. The number of aromatic hydroxyl groups is 1. The van der Waals surface area contributed by atoms with Gasteiger partial charge in [-0.2, -0.15) is 4.98 Å². The predicted octanol–water partition coefficient (Wildman–Crippen LogP) is -1.20. The Morgan fingerprint density at radius 3 is 2.95 bits per heavy atom. The zero-order valence-corrected chi connectivity index (χ0v) is 11.4. The molecule has 1 aliphatic heterocycles. The summed E-state index contributed by atoms with van der Waals surface area (Å²) < 4.78 is 12.5. The van der Waals surface area contributed by atoms with Crippen molar-refractivity contribution in [1.29, 1.82) is 0 Å². The van der Waals surface area contributed by atoms with Crippen LogP contribution in [0.3, 0.4) is 0 Å². The van der Waals surface area contributed by atoms with Crippen molar-refractivity contribution in [3.05, 3.63) is 12.7 Å². The molecule has 1 fully saturated rings. The fraction of sp³-hybridized carbons (Fsp3) is 0.462. The van der Waals surface area contributed by atoms with Gasteiger partial charge in [-0.1, -0.05) is 5.92 Å². The van der Waals surface area contributed by atoms with Crippen LogP contribution in [0.15, 0.2) is 12.7 Å². The van der Waals surface area contributed by atoms with Crippen molar-refractivity contribution in [2.75, 3.05) is 13.2 Å². The Bertz CT molecular complexity index is 712. The minimum absolute atomic E-state index is 0.0212. The van der Waals surface area contributed by atoms with Gasteiger partial charge in [-0.15, -0.1) is 6.42 Å². The van der Waals surface area contributed by atoms with Crippen molar-refractivity contribution in [2.45, 2.75) is 24.5 Å². The molecule has 9 nitrogen and oxygen atoms in total. The molecular formula is C13H14N4O5. The van der Waals surface area contributed by atoms with E-state index in [1.165, 1.54) is 17.2 Å². The van der Waals surface area contributed by atoms with Crippen molar-refractivity contribution >= 4 is 11.2 Å². The Morgan fingerprint density at radius 1 is 1.41 bits per heavy atom. The molecule has 3 N–H and O–H groups in total. The zero-order valence-electron chi connectivity index (χ0n) is 11.4. The summed E-state index contributed by atoms with van der Waals surface area (Å²) in [6.07, 6.45) is 4.28. The average molecular weight is 306 g/mol. The molecule has 0 aromatic carbocycles. The van der Waals surface area contributed by atoms with Crippen LogP contribution in [0.4, 0.5) is 0 Å². The van der Waals surface area contributed by atoms with E-state index in [1.807, 2.05) is 0 Å². The molecule has 2 unspecified atom stereocenters. The van der Waals surface area contributed by atoms with E-state index < -0.39 is 24.5 Å². The van der Waals surface area contributed by atoms with Gasteiger partial charge >= 0.3 is 0 Å². The fourth-order valence-corrected chi connectivity index (χ4v) is 2.44. The minimum Gasteiger partial charge on any atom is -0.492 e. The second-order valence-corrected chi connectivity index (χ2v) is 4.74. The number of rotatable bonds is 4. The summed E-state index contributed by atoms with van der Waals surface area (Å²) in [7, 11) is 0. The van der Waals surface area contributed by atoms with Gasteiger partial charge in [-0.25, -0.2) is 9.97 Å². The molecule has 0 aliphatic carbocycles. The van der Waals surface area contributed by atoms with Gasteiger partial charge in [0.05, 0.1) is 12.9 Å². The molecule has 2 aromatic rings. The first-order valence-corrected chi connectivity index (χ1v) is 6.53. The van der Waals surface area contributed by atoms with Crippen LogP contribution in [-0.4, -0.2) is 66.4 Å². The molecule has 1 saturated heterocycles. The van der Waals surface area contributed by atoms with E-state index in [2.05, 4.69) is 20.9 Å². The Kier molecular flexibility index (Phi) is 3.91. The molecular weight excluding hydrogens is 292 g/mol. The number of aliphatic hydroxyl groups excluding tert-OH is 2. The van der Waals surface area contributed by atoms with Gasteiger partial charge in [0.15, 0.2) is 17.4 Å². The normalized spacial score (nSPS) is 28.0. The van der Waals surface area contributed by atoms with Crippen LogP contribution in [0.5, 0.6) is 5.88 Å². The van der Waals surface area contributed by atoms with E-state index >= 15 is 0 Å². The summed E-state index contributed by atoms with van der Waals surface area (Å²) >= 11 is 0. The third-order valence-electron chi connectivity index (χ3n) is 3.47. The van der Waals surface area contributed by atoms with Crippen molar-refractivity contribution in [1.82, 2.24) is 19.5 Å². The molecule has 0 radical (unpaired) electrons. The lowest BCUT2D eigenvalue weighted by Gasteiger charge is -2.20. The molecule has 9 heteroatoms. The first kappa shape index (κ1) is 14.7. The first-order valence-electron chi connectivity index (χ1n) is 6.53. The van der Waals surface area contributed by atoms with E-state index in [9.17, 15) is 15.3 Å². The third kappa shape index (κ3) is 2.28. The fourth-order valence-electron chi connectivity index (χ4n) is 2.44. The van der Waals surface area contributed by atoms with Gasteiger partial charge in [-0.3, -0.25) is 4.57 Å². The minimum atomic E-state index is -1.06. The molecule has 0 amide bonds. The van der Waals surface area contributed by atoms with Gasteiger partial charge in [0.1, 0.15) is 31.2 Å². The average Bonchev–Trinajstić information content (AvgIpc) is 3.07. The van der Waals surface area contributed by atoms with Crippen LogP contribution in [0, 0.1) is 12.3 Å². The highest BCUT2D eigenvalue weighted by molar-refractivity contribution is 5.75. The predicted molar refractivity (Wildman–Crippen MR) is 72.6 cm³/mol. The highest BCUT2D eigenvalue weighted by Crippen LogP contribution is 2.34. The third-order valence-corrected chi connectivity index (χ3v) is 3.47. The molecule has 116 valence electrons. The second-order valence-electron chi connectivity index (χ2n) is 4.74. The molecule has 0 saturated carbocycles. The first-order chi connectivity index (χ1) is 10.7. The lowest BCUT2D eigenvalue weighted by molar-refractivity contribution is -0.0636. The SMILES string of the molecule is C#CCOC1C(O)[C@@H](CO)O[C@H]1n1cnc2c(O)ncnc21. The lowest BCUT2D eigenvalue weighted by atomic mass is 10.1. The Hall–Kier alpha value is -2.25. The van der Waals surface area contributed by atoms with Crippen LogP contribution in [0.2, 0.25) is 0 Å². The molecule has 0 bridgehead atoms. The summed E-state index contributed by atoms with van der Waals surface area (Å²) in [5.41, 5.74) is 0.515. The van der Waals surface area contributed by atoms with Gasteiger partial charge in [0, 0.05) is 0 Å². The highest BCUT2D eigenvalue weighted by Gasteiger charge is 2.45. The number of terminal acetylenes is 1. The van der Waals surface area contributed by atoms with Crippen molar-refractivity contribution < 1.29 is 24.8 Å². The van der Waals surface area contributed by atoms with Crippen molar-refractivity contribution in [2.24, 2.45) is 0 Å². The summed E-state index contributed by atoms with van der Waals surface area (Å²) in [5.74, 6) is 2.06. The lowest BCUT2D eigenvalue weighted by Crippen LogP contribution is -2.35. The van der Waals surface area contributed by atoms with E-state index in [1.54, 1.807) is 0 Å². The number of imidazole rings is 1. The monoisotopic (exact) mass is 306 g/mol. The smallest absolute Gasteiger partial charge is 0.242 e. The Balaban J connectivity index is 2.00. The second kappa shape index (κ2) is 5.86. The van der Waals surface area contributed by atoms with E-state index in [-0.39, 0.29) is 24.6 Å². The standard InChI is InChI=1S/C13H14N4O5/c1-2-3-21-10-9(19)7(4-18)22-13(10)17-6-16-8-11(17)14-5-15-12(8)20/h1,5-7,9-10,13,18-19H,3-4H2,(H,14,15,20)/t7-,9?,10?,13-/m1/s1. The van der Waals surface area contributed by atoms with Crippen molar-refractivity contribution in [3.63, 3.8) is 0 Å². The van der Waals surface area contributed by atoms with Gasteiger partial charge in [0.25, 0.3) is 0 Å². The summed E-state index contributed by atoms with van der Waals surface area (Å²) in [4.78, 5) is 11.7. The number of aliphatic hydroxyl groups is 2. The van der Waals surface area contributed by atoms with Crippen LogP contribution >= 0.6 is 0 Å². The molecule has 3 rings (SSSR count). The maximum absolute atomic E-state index is 10.2. The van der Waals surface area contributed by atoms with Crippen LogP contribution < -0.4 is 0 Å². The van der Waals surface area contributed by atoms with Gasteiger partial charge in [-0.05, 0) is 0 Å².